The van der Waals surface area contributed by atoms with Gasteiger partial charge in [0.05, 0.1) is 46.2 Å². The lowest BCUT2D eigenvalue weighted by Crippen LogP contribution is -2.71. The van der Waals surface area contributed by atoms with Crippen LogP contribution in [0.4, 0.5) is 0 Å². The maximum absolute atomic E-state index is 12.9. The van der Waals surface area contributed by atoms with Crippen molar-refractivity contribution in [2.45, 2.75) is 242 Å². The third kappa shape index (κ3) is 16.4. The lowest BCUT2D eigenvalue weighted by Gasteiger charge is -2.51. The van der Waals surface area contributed by atoms with Gasteiger partial charge in [-0.1, -0.05) is 0 Å². The minimum atomic E-state index is -2.31. The van der Waals surface area contributed by atoms with E-state index in [2.05, 4.69) is 21.3 Å². The molecular formula is C50H84N4O36. The smallest absolute Gasteiger partial charge is 0.217 e. The first-order valence-corrected chi connectivity index (χ1v) is 28.6. The molecule has 4 amide bonds. The Morgan fingerprint density at radius 2 is 0.578 bits per heavy atom. The van der Waals surface area contributed by atoms with Gasteiger partial charge in [0.15, 0.2) is 44.0 Å². The van der Waals surface area contributed by atoms with E-state index in [4.69, 9.17) is 61.6 Å². The summed E-state index contributed by atoms with van der Waals surface area (Å²) in [5, 5.41) is 217. The van der Waals surface area contributed by atoms with Gasteiger partial charge in [-0.3, -0.25) is 19.2 Å². The summed E-state index contributed by atoms with van der Waals surface area (Å²) in [6.07, 6.45) is -60.2. The van der Waals surface area contributed by atoms with E-state index < -0.39 is 285 Å². The molecule has 7 saturated heterocycles. The molecule has 0 saturated carbocycles. The quantitative estimate of drug-likeness (QED) is 0.0452. The van der Waals surface area contributed by atoms with E-state index in [0.717, 1.165) is 27.7 Å². The number of aliphatic hydroxyl groups excluding tert-OH is 19. The largest absolute Gasteiger partial charge is 0.394 e. The van der Waals surface area contributed by atoms with Crippen molar-refractivity contribution in [3.63, 3.8) is 0 Å². The molecule has 0 spiro atoms. The van der Waals surface area contributed by atoms with E-state index in [0.29, 0.717) is 0 Å². The van der Waals surface area contributed by atoms with Crippen LogP contribution >= 0.6 is 0 Å². The van der Waals surface area contributed by atoms with Gasteiger partial charge in [-0.05, 0) is 0 Å². The van der Waals surface area contributed by atoms with Gasteiger partial charge in [0, 0.05) is 27.7 Å². The molecule has 90 heavy (non-hydrogen) atoms. The van der Waals surface area contributed by atoms with Crippen LogP contribution in [0.3, 0.4) is 0 Å². The standard InChI is InChI=1S/C50H84N4O36/c1-12(61)51-23-32(70)39(19(8-58)79-44(23)77)87-50-38(76)43(30(68)22(85-50)11-78-45-24(52-13(2)62)31(69)27(65)16(5-55)80-45)90-47-26(54-15(4)64)34(72)41(21(10-60)84-47)88-49-37(75)42(29(67)18(7-57)82-49)89-46-25(53-14(3)63)33(71)40(20(9-59)83-46)86-48-36(74)35(73)28(66)17(6-56)81-48/h16-50,55-60,65-77H,5-11H2,1-4H3,(H,51,61)(H,52,62)(H,53,63)(H,54,64)/t16-,17-,18-,19-,20-,21-,22-,23-,24-,25-,26-,27-,28+,29+,30+,31-,32-,33-,34-,35+,36+,37-,38-,39-,40-,41-,42-,43+,44-,45-,46+,47+,48+,49+,50+/m1/s1. The number of hydrogen-bond acceptors (Lipinski definition) is 36. The molecule has 0 aliphatic carbocycles. The van der Waals surface area contributed by atoms with Crippen molar-refractivity contribution in [1.82, 2.24) is 21.3 Å². The predicted octanol–water partition coefficient (Wildman–Crippen LogP) is -15.7. The van der Waals surface area contributed by atoms with Crippen LogP contribution in [0, 0.1) is 0 Å². The highest BCUT2D eigenvalue weighted by Crippen LogP contribution is 2.38. The molecule has 0 aromatic carbocycles. The average Bonchev–Trinajstić information content (AvgIpc) is 1.08. The maximum atomic E-state index is 12.9. The summed E-state index contributed by atoms with van der Waals surface area (Å²) in [4.78, 5) is 49.8. The Balaban J connectivity index is 1.14. The fourth-order valence-corrected chi connectivity index (χ4v) is 11.5. The molecular weight excluding hydrogens is 1230 g/mol. The van der Waals surface area contributed by atoms with Gasteiger partial charge in [-0.25, -0.2) is 0 Å². The van der Waals surface area contributed by atoms with Crippen molar-refractivity contribution < 1.29 is 178 Å². The van der Waals surface area contributed by atoms with Gasteiger partial charge < -0.3 is 180 Å². The minimum absolute atomic E-state index is 0.754. The molecule has 7 aliphatic rings. The van der Waals surface area contributed by atoms with E-state index in [1.165, 1.54) is 0 Å². The summed E-state index contributed by atoms with van der Waals surface area (Å²) in [6, 6.07) is -6.91. The molecule has 40 heteroatoms. The summed E-state index contributed by atoms with van der Waals surface area (Å²) in [5.41, 5.74) is 0. The molecule has 23 N–H and O–H groups in total. The number of rotatable bonds is 23. The Hall–Kier alpha value is -3.40. The number of carbonyl (C=O) groups is 4. The van der Waals surface area contributed by atoms with E-state index in [-0.39, 0.29) is 0 Å². The van der Waals surface area contributed by atoms with E-state index in [9.17, 15) is 116 Å². The highest BCUT2D eigenvalue weighted by atomic mass is 16.8. The van der Waals surface area contributed by atoms with Crippen LogP contribution in [0.5, 0.6) is 0 Å². The highest BCUT2D eigenvalue weighted by Gasteiger charge is 2.59. The third-order valence-electron chi connectivity index (χ3n) is 16.1. The van der Waals surface area contributed by atoms with Gasteiger partial charge in [0.2, 0.25) is 23.6 Å². The molecule has 0 aromatic rings. The summed E-state index contributed by atoms with van der Waals surface area (Å²) in [7, 11) is 0. The number of carbonyl (C=O) groups excluding carboxylic acids is 4. The third-order valence-corrected chi connectivity index (χ3v) is 16.1. The first kappa shape index (κ1) is 74.0. The molecule has 0 aromatic heterocycles. The van der Waals surface area contributed by atoms with Crippen LogP contribution in [0.2, 0.25) is 0 Å². The van der Waals surface area contributed by atoms with Gasteiger partial charge >= 0.3 is 0 Å². The van der Waals surface area contributed by atoms with Gasteiger partial charge in [0.1, 0.15) is 171 Å². The van der Waals surface area contributed by atoms with Crippen LogP contribution in [-0.2, 0) is 80.8 Å². The number of aliphatic hydroxyl groups is 19. The number of ether oxygens (including phenoxy) is 13. The maximum Gasteiger partial charge on any atom is 0.217 e. The fourth-order valence-electron chi connectivity index (χ4n) is 11.5. The average molecular weight is 1320 g/mol. The van der Waals surface area contributed by atoms with Crippen molar-refractivity contribution >= 4 is 23.6 Å². The summed E-state index contributed by atoms with van der Waals surface area (Å²) in [6.45, 7) is -2.88. The highest BCUT2D eigenvalue weighted by molar-refractivity contribution is 5.74. The van der Waals surface area contributed by atoms with Crippen LogP contribution in [-0.4, -0.2) is 382 Å². The van der Waals surface area contributed by atoms with Crippen molar-refractivity contribution in [2.75, 3.05) is 46.2 Å². The Labute approximate surface area is 510 Å². The SMILES string of the molecule is CC(=O)N[C@@H]1[C@@H](O)[C@H](O[C@@H]2O[C@H](CO[C@@H]3O[C@H](CO)[C@@H](O)[C@H](O)[C@H]3NC(C)=O)[C@H](O)[C@H](O[C@@H]3O[C@H](CO)[C@@H](O[C@@H]4O[C@H](CO)[C@H](O)[C@@H](O[C@@H]5O[C@H](CO)[C@@H](O[C@@H]6O[C@H](CO)[C@H](O)[C@H](O)[C@@H]6O)[C@H](O)[C@H]5NC(C)=O)[C@H]4O)[C@H](O)[C@H]3NC(C)=O)[C@H]2O)[C@@H](CO)O[C@H]1O. The van der Waals surface area contributed by atoms with E-state index in [1.807, 2.05) is 0 Å². The zero-order valence-corrected chi connectivity index (χ0v) is 48.6. The second-order valence-corrected chi connectivity index (χ2v) is 22.5. The topological polar surface area (TPSA) is 621 Å². The monoisotopic (exact) mass is 1320 g/mol. The predicted molar refractivity (Wildman–Crippen MR) is 278 cm³/mol. The van der Waals surface area contributed by atoms with Crippen molar-refractivity contribution in [3.8, 4) is 0 Å². The van der Waals surface area contributed by atoms with Crippen molar-refractivity contribution in [3.05, 3.63) is 0 Å². The zero-order valence-electron chi connectivity index (χ0n) is 48.6. The Morgan fingerprint density at radius 3 is 0.978 bits per heavy atom. The molecule has 40 nitrogen and oxygen atoms in total. The molecule has 520 valence electrons. The fraction of sp³-hybridized carbons (Fsp3) is 0.920. The van der Waals surface area contributed by atoms with Crippen LogP contribution in [0.1, 0.15) is 27.7 Å². The summed E-state index contributed by atoms with van der Waals surface area (Å²) >= 11 is 0. The Bertz CT molecular complexity index is 2310. The summed E-state index contributed by atoms with van der Waals surface area (Å²) in [5.74, 6) is -3.32. The first-order chi connectivity index (χ1) is 42.5. The molecule has 7 heterocycles. The number of amides is 4. The molecule has 0 unspecified atom stereocenters. The molecule has 7 aliphatic heterocycles. The van der Waals surface area contributed by atoms with E-state index >= 15 is 0 Å². The Kier molecular flexibility index (Phi) is 26.6. The van der Waals surface area contributed by atoms with Crippen LogP contribution < -0.4 is 21.3 Å². The minimum Gasteiger partial charge on any atom is -0.394 e. The second kappa shape index (κ2) is 32.4. The Morgan fingerprint density at radius 1 is 0.289 bits per heavy atom. The normalized spacial score (nSPS) is 47.6. The lowest BCUT2D eigenvalue weighted by molar-refractivity contribution is -0.386. The molecule has 7 fully saturated rings. The molecule has 0 bridgehead atoms. The van der Waals surface area contributed by atoms with Gasteiger partial charge in [0.25, 0.3) is 0 Å². The second-order valence-electron chi connectivity index (χ2n) is 22.5. The van der Waals surface area contributed by atoms with Gasteiger partial charge in [-0.15, -0.1) is 0 Å². The van der Waals surface area contributed by atoms with Crippen molar-refractivity contribution in [1.29, 1.82) is 0 Å². The molecule has 35 atom stereocenters. The number of nitrogens with one attached hydrogen (secondary N) is 4. The molecule has 0 radical (unpaired) electrons. The first-order valence-electron chi connectivity index (χ1n) is 28.6. The van der Waals surface area contributed by atoms with Crippen LogP contribution in [0.15, 0.2) is 0 Å². The zero-order chi connectivity index (χ0) is 66.5. The summed E-state index contributed by atoms with van der Waals surface area (Å²) < 4.78 is 75.7. The lowest BCUT2D eigenvalue weighted by atomic mass is 9.93. The number of hydrogen-bond donors (Lipinski definition) is 23. The van der Waals surface area contributed by atoms with Crippen molar-refractivity contribution in [2.24, 2.45) is 0 Å². The molecule has 7 rings (SSSR count). The van der Waals surface area contributed by atoms with Gasteiger partial charge in [-0.2, -0.15) is 0 Å². The van der Waals surface area contributed by atoms with E-state index in [1.54, 1.807) is 0 Å². The van der Waals surface area contributed by atoms with Crippen LogP contribution in [0.25, 0.3) is 0 Å².